The molecule has 1 aliphatic carbocycles. The molecule has 16 heavy (non-hydrogen) atoms. The van der Waals surface area contributed by atoms with Gasteiger partial charge in [0, 0.05) is 19.1 Å². The first-order valence-corrected chi connectivity index (χ1v) is 7.96. The fourth-order valence-corrected chi connectivity index (χ4v) is 3.02. The Bertz CT molecular complexity index is 295. The zero-order valence-electron chi connectivity index (χ0n) is 10.6. The van der Waals surface area contributed by atoms with Crippen molar-refractivity contribution in [3.05, 3.63) is 0 Å². The maximum Gasteiger partial charge on any atom is 0.211 e. The Kier molecular flexibility index (Phi) is 5.21. The summed E-state index contributed by atoms with van der Waals surface area (Å²) in [6.07, 6.45) is 6.57. The van der Waals surface area contributed by atoms with Crippen LogP contribution in [0.4, 0.5) is 0 Å². The molecule has 0 unspecified atom stereocenters. The summed E-state index contributed by atoms with van der Waals surface area (Å²) < 4.78 is 24.3. The lowest BCUT2D eigenvalue weighted by atomic mass is 9.91. The molecular weight excluding hydrogens is 224 g/mol. The Morgan fingerprint density at radius 3 is 2.25 bits per heavy atom. The van der Waals surface area contributed by atoms with Crippen LogP contribution in [-0.2, 0) is 10.0 Å². The number of rotatable bonds is 5. The van der Waals surface area contributed by atoms with E-state index in [2.05, 4.69) is 12.2 Å². The van der Waals surface area contributed by atoms with E-state index >= 15 is 0 Å². The molecule has 96 valence electrons. The molecule has 1 saturated carbocycles. The van der Waals surface area contributed by atoms with Gasteiger partial charge in [0.15, 0.2) is 0 Å². The van der Waals surface area contributed by atoms with Crippen molar-refractivity contribution in [1.29, 1.82) is 0 Å². The predicted octanol–water partition coefficient (Wildman–Crippen LogP) is 1.19. The molecule has 4 nitrogen and oxygen atoms in total. The second kappa shape index (κ2) is 5.98. The first kappa shape index (κ1) is 13.9. The summed E-state index contributed by atoms with van der Waals surface area (Å²) in [6, 6.07) is 0.791. The summed E-state index contributed by atoms with van der Waals surface area (Å²) in [4.78, 5) is 0. The van der Waals surface area contributed by atoms with Crippen molar-refractivity contribution < 1.29 is 8.42 Å². The summed E-state index contributed by atoms with van der Waals surface area (Å²) >= 11 is 0. The molecule has 1 rings (SSSR count). The third kappa shape index (κ3) is 4.03. The van der Waals surface area contributed by atoms with E-state index in [1.54, 1.807) is 7.05 Å². The van der Waals surface area contributed by atoms with Gasteiger partial charge in [-0.25, -0.2) is 12.7 Å². The van der Waals surface area contributed by atoms with Gasteiger partial charge in [0.1, 0.15) is 0 Å². The normalized spacial score (nSPS) is 27.2. The third-order valence-electron chi connectivity index (χ3n) is 3.42. The average Bonchev–Trinajstić information content (AvgIpc) is 2.25. The second-order valence-corrected chi connectivity index (χ2v) is 6.78. The minimum absolute atomic E-state index is 0.203. The van der Waals surface area contributed by atoms with Gasteiger partial charge >= 0.3 is 0 Å². The molecule has 0 aromatic rings. The van der Waals surface area contributed by atoms with Gasteiger partial charge in [0.25, 0.3) is 0 Å². The molecule has 0 atom stereocenters. The Morgan fingerprint density at radius 1 is 1.25 bits per heavy atom. The van der Waals surface area contributed by atoms with Crippen molar-refractivity contribution in [2.75, 3.05) is 19.8 Å². The van der Waals surface area contributed by atoms with Gasteiger partial charge in [0.2, 0.25) is 10.0 Å². The van der Waals surface area contributed by atoms with Crippen molar-refractivity contribution in [2.45, 2.75) is 51.1 Å². The lowest BCUT2D eigenvalue weighted by Gasteiger charge is -2.33. The van der Waals surface area contributed by atoms with Gasteiger partial charge < -0.3 is 5.32 Å². The molecule has 5 heteroatoms. The highest BCUT2D eigenvalue weighted by Gasteiger charge is 2.27. The van der Waals surface area contributed by atoms with E-state index in [0.29, 0.717) is 6.04 Å². The van der Waals surface area contributed by atoms with Crippen LogP contribution in [0.25, 0.3) is 0 Å². The van der Waals surface area contributed by atoms with Crippen LogP contribution in [0.5, 0.6) is 0 Å². The van der Waals surface area contributed by atoms with Crippen LogP contribution in [-0.4, -0.2) is 44.7 Å². The molecule has 0 aliphatic heterocycles. The van der Waals surface area contributed by atoms with Crippen molar-refractivity contribution in [1.82, 2.24) is 9.62 Å². The van der Waals surface area contributed by atoms with Gasteiger partial charge in [-0.05, 0) is 38.6 Å². The summed E-state index contributed by atoms with van der Waals surface area (Å²) in [7, 11) is -1.33. The molecule has 0 aromatic heterocycles. The number of sulfonamides is 1. The Balaban J connectivity index is 2.37. The topological polar surface area (TPSA) is 49.4 Å². The monoisotopic (exact) mass is 248 g/mol. The van der Waals surface area contributed by atoms with E-state index in [4.69, 9.17) is 0 Å². The molecule has 0 amide bonds. The quantitative estimate of drug-likeness (QED) is 0.795. The molecule has 1 aliphatic rings. The Hall–Kier alpha value is -0.130. The highest BCUT2D eigenvalue weighted by atomic mass is 32.2. The summed E-state index contributed by atoms with van der Waals surface area (Å²) in [5.41, 5.74) is 0. The molecule has 0 aromatic carbocycles. The van der Waals surface area contributed by atoms with E-state index < -0.39 is 10.0 Å². The van der Waals surface area contributed by atoms with Crippen LogP contribution < -0.4 is 5.32 Å². The van der Waals surface area contributed by atoms with E-state index in [1.165, 1.54) is 10.6 Å². The van der Waals surface area contributed by atoms with Crippen LogP contribution in [0.1, 0.15) is 39.0 Å². The van der Waals surface area contributed by atoms with Crippen molar-refractivity contribution in [3.63, 3.8) is 0 Å². The summed E-state index contributed by atoms with van der Waals surface area (Å²) in [5.74, 6) is 0. The fourth-order valence-electron chi connectivity index (χ4n) is 2.26. The molecule has 0 radical (unpaired) electrons. The lowest BCUT2D eigenvalue weighted by Crippen LogP contribution is -2.42. The fraction of sp³-hybridized carbons (Fsp3) is 1.00. The molecule has 0 saturated heterocycles. The van der Waals surface area contributed by atoms with E-state index in [-0.39, 0.29) is 6.04 Å². The summed E-state index contributed by atoms with van der Waals surface area (Å²) in [5, 5.41) is 3.50. The summed E-state index contributed by atoms with van der Waals surface area (Å²) in [6.45, 7) is 3.23. The van der Waals surface area contributed by atoms with Crippen LogP contribution in [0.15, 0.2) is 0 Å². The average molecular weight is 248 g/mol. The highest BCUT2D eigenvalue weighted by Crippen LogP contribution is 2.23. The van der Waals surface area contributed by atoms with Gasteiger partial charge in [-0.3, -0.25) is 0 Å². The van der Waals surface area contributed by atoms with Gasteiger partial charge in [-0.2, -0.15) is 0 Å². The molecule has 1 fully saturated rings. The van der Waals surface area contributed by atoms with Gasteiger partial charge in [0.05, 0.1) is 6.26 Å². The van der Waals surface area contributed by atoms with Crippen molar-refractivity contribution in [3.8, 4) is 0 Å². The van der Waals surface area contributed by atoms with Crippen LogP contribution in [0.3, 0.4) is 0 Å². The number of nitrogens with zero attached hydrogens (tertiary/aromatic N) is 1. The zero-order chi connectivity index (χ0) is 12.2. The lowest BCUT2D eigenvalue weighted by molar-refractivity contribution is 0.250. The Morgan fingerprint density at radius 2 is 1.81 bits per heavy atom. The number of nitrogens with one attached hydrogen (secondary N) is 1. The molecule has 0 heterocycles. The first-order valence-electron chi connectivity index (χ1n) is 6.11. The van der Waals surface area contributed by atoms with Crippen molar-refractivity contribution >= 4 is 10.0 Å². The van der Waals surface area contributed by atoms with E-state index in [1.807, 2.05) is 0 Å². The maximum absolute atomic E-state index is 11.4. The van der Waals surface area contributed by atoms with Crippen LogP contribution in [0, 0.1) is 0 Å². The largest absolute Gasteiger partial charge is 0.314 e. The second-order valence-electron chi connectivity index (χ2n) is 4.74. The minimum Gasteiger partial charge on any atom is -0.314 e. The van der Waals surface area contributed by atoms with Crippen molar-refractivity contribution in [2.24, 2.45) is 0 Å². The standard InChI is InChI=1S/C11H24N2O2S/c1-4-9-12-10-5-7-11(8-6-10)13(2)16(3,14)15/h10-12H,4-9H2,1-3H3. The zero-order valence-corrected chi connectivity index (χ0v) is 11.4. The molecular formula is C11H24N2O2S. The number of hydrogen-bond acceptors (Lipinski definition) is 3. The highest BCUT2D eigenvalue weighted by molar-refractivity contribution is 7.88. The van der Waals surface area contributed by atoms with Gasteiger partial charge in [-0.1, -0.05) is 6.92 Å². The van der Waals surface area contributed by atoms with Crippen LogP contribution in [0.2, 0.25) is 0 Å². The predicted molar refractivity (Wildman–Crippen MR) is 66.9 cm³/mol. The number of hydrogen-bond donors (Lipinski definition) is 1. The maximum atomic E-state index is 11.4. The first-order chi connectivity index (χ1) is 7.45. The van der Waals surface area contributed by atoms with Crippen LogP contribution >= 0.6 is 0 Å². The van der Waals surface area contributed by atoms with Gasteiger partial charge in [-0.15, -0.1) is 0 Å². The minimum atomic E-state index is -3.02. The Labute approximate surface area is 99.5 Å². The molecule has 0 spiro atoms. The smallest absolute Gasteiger partial charge is 0.211 e. The molecule has 0 bridgehead atoms. The van der Waals surface area contributed by atoms with E-state index in [0.717, 1.165) is 38.6 Å². The van der Waals surface area contributed by atoms with E-state index in [9.17, 15) is 8.42 Å². The third-order valence-corrected chi connectivity index (χ3v) is 4.76. The SMILES string of the molecule is CCCNC1CCC(N(C)S(C)(=O)=O)CC1. The molecule has 1 N–H and O–H groups in total.